The first-order valence-corrected chi connectivity index (χ1v) is 14.4. The van der Waals surface area contributed by atoms with Crippen molar-refractivity contribution < 1.29 is 43.0 Å². The van der Waals surface area contributed by atoms with Gasteiger partial charge in [-0.2, -0.15) is 0 Å². The minimum absolute atomic E-state index is 0.0328. The molecule has 1 amide bonds. The van der Waals surface area contributed by atoms with Crippen molar-refractivity contribution in [2.24, 2.45) is 28.6 Å². The van der Waals surface area contributed by atoms with Gasteiger partial charge in [0.15, 0.2) is 17.1 Å². The molecule has 232 valence electrons. The van der Waals surface area contributed by atoms with E-state index in [1.807, 2.05) is 0 Å². The maximum absolute atomic E-state index is 17.6. The van der Waals surface area contributed by atoms with Gasteiger partial charge in [0.1, 0.15) is 6.17 Å². The quantitative estimate of drug-likeness (QED) is 0.286. The number of esters is 1. The van der Waals surface area contributed by atoms with E-state index in [1.54, 1.807) is 13.8 Å². The first kappa shape index (κ1) is 30.9. The summed E-state index contributed by atoms with van der Waals surface area (Å²) in [4.78, 5) is 52.0. The maximum atomic E-state index is 17.6. The SMILES string of the molecule is C[C@@H]1C[C@H]2[C@@H]3C[C@H](F)C4=CC(=O)C=C[C@]4(C)[C@@]3(F)[C@@H](O)CC2(C)[C@@]1(OC(=O)c1cccc([N+](=O)[O-])c1)C(=O)N(C)CCO. The second-order valence-corrected chi connectivity index (χ2v) is 12.9. The molecule has 4 aliphatic rings. The van der Waals surface area contributed by atoms with Crippen molar-refractivity contribution in [1.29, 1.82) is 0 Å². The number of ether oxygens (including phenoxy) is 1. The second-order valence-electron chi connectivity index (χ2n) is 12.9. The van der Waals surface area contributed by atoms with Gasteiger partial charge in [0.2, 0.25) is 0 Å². The lowest BCUT2D eigenvalue weighted by Crippen LogP contribution is -2.71. The van der Waals surface area contributed by atoms with Gasteiger partial charge >= 0.3 is 5.97 Å². The number of allylic oxidation sites excluding steroid dienone is 4. The summed E-state index contributed by atoms with van der Waals surface area (Å²) >= 11 is 0. The summed E-state index contributed by atoms with van der Waals surface area (Å²) in [5.74, 6) is -4.78. The molecule has 12 heteroatoms. The van der Waals surface area contributed by atoms with Crippen LogP contribution in [0, 0.1) is 38.7 Å². The number of nitro groups is 1. The molecule has 4 aliphatic carbocycles. The first-order chi connectivity index (χ1) is 20.1. The number of aliphatic hydroxyl groups is 2. The van der Waals surface area contributed by atoms with E-state index in [-0.39, 0.29) is 42.6 Å². The van der Waals surface area contributed by atoms with E-state index in [2.05, 4.69) is 0 Å². The molecule has 1 aromatic carbocycles. The molecule has 0 spiro atoms. The minimum Gasteiger partial charge on any atom is -0.444 e. The number of hydrogen-bond acceptors (Lipinski definition) is 8. The van der Waals surface area contributed by atoms with Crippen LogP contribution in [-0.4, -0.2) is 81.4 Å². The zero-order valence-corrected chi connectivity index (χ0v) is 24.5. The Labute approximate surface area is 247 Å². The van der Waals surface area contributed by atoms with Gasteiger partial charge in [0.25, 0.3) is 11.6 Å². The van der Waals surface area contributed by atoms with Crippen LogP contribution in [0.5, 0.6) is 0 Å². The van der Waals surface area contributed by atoms with E-state index in [9.17, 15) is 34.7 Å². The van der Waals surface area contributed by atoms with Crippen LogP contribution >= 0.6 is 0 Å². The van der Waals surface area contributed by atoms with Crippen LogP contribution in [0.1, 0.15) is 50.4 Å². The van der Waals surface area contributed by atoms with Gasteiger partial charge in [-0.25, -0.2) is 13.6 Å². The minimum atomic E-state index is -2.40. The van der Waals surface area contributed by atoms with E-state index >= 15 is 8.78 Å². The number of fused-ring (bicyclic) bond motifs is 5. The van der Waals surface area contributed by atoms with Crippen LogP contribution in [0.25, 0.3) is 0 Å². The average molecular weight is 603 g/mol. The number of amides is 1. The van der Waals surface area contributed by atoms with Crippen molar-refractivity contribution in [3.63, 3.8) is 0 Å². The summed E-state index contributed by atoms with van der Waals surface area (Å²) in [7, 11) is 1.42. The molecular formula is C31H36F2N2O8. The van der Waals surface area contributed by atoms with Gasteiger partial charge in [-0.15, -0.1) is 0 Å². The lowest BCUT2D eigenvalue weighted by molar-refractivity contribution is -0.384. The Kier molecular flexibility index (Phi) is 7.41. The molecule has 1 aromatic rings. The number of hydrogen-bond donors (Lipinski definition) is 2. The van der Waals surface area contributed by atoms with Crippen molar-refractivity contribution in [2.45, 2.75) is 63.6 Å². The molecule has 1 unspecified atom stereocenters. The van der Waals surface area contributed by atoms with Crippen LogP contribution in [0.15, 0.2) is 48.1 Å². The van der Waals surface area contributed by atoms with Gasteiger partial charge in [-0.1, -0.05) is 26.0 Å². The molecule has 10 nitrogen and oxygen atoms in total. The van der Waals surface area contributed by atoms with Crippen molar-refractivity contribution >= 4 is 23.3 Å². The number of likely N-dealkylation sites (N-methyl/N-ethyl adjacent to an activating group) is 1. The fourth-order valence-corrected chi connectivity index (χ4v) is 8.73. The molecule has 0 heterocycles. The van der Waals surface area contributed by atoms with E-state index < -0.39 is 81.3 Å². The highest BCUT2D eigenvalue weighted by molar-refractivity contribution is 6.01. The second kappa shape index (κ2) is 10.3. The number of alkyl halides is 2. The number of ketones is 1. The fraction of sp³-hybridized carbons (Fsp3) is 0.581. The summed E-state index contributed by atoms with van der Waals surface area (Å²) in [6, 6.07) is 4.85. The Bertz CT molecular complexity index is 1450. The lowest BCUT2D eigenvalue weighted by atomic mass is 9.44. The standard InChI is InChI=1S/C31H36F2N2O8/c1-17-12-21-22-15-24(32)23-14-20(37)8-9-28(23,2)30(22,33)25(38)16-29(21,3)31(17,27(40)34(4)10-11-36)43-26(39)18-6-5-7-19(13-18)35(41)42/h5-9,13-14,17,21-22,24-25,36,38H,10-12,15-16H2,1-4H3/t17-,21+,22+,24+,25+,28+,29?,30+,31+/m1/s1. The molecule has 5 rings (SSSR count). The van der Waals surface area contributed by atoms with Crippen LogP contribution in [0.3, 0.4) is 0 Å². The van der Waals surface area contributed by atoms with Crippen LogP contribution < -0.4 is 0 Å². The van der Waals surface area contributed by atoms with E-state index in [0.29, 0.717) is 0 Å². The van der Waals surface area contributed by atoms with E-state index in [0.717, 1.165) is 12.1 Å². The molecular weight excluding hydrogens is 566 g/mol. The zero-order chi connectivity index (χ0) is 31.7. The van der Waals surface area contributed by atoms with E-state index in [1.165, 1.54) is 49.2 Å². The number of carbonyl (C=O) groups excluding carboxylic acids is 3. The number of aliphatic hydroxyl groups excluding tert-OH is 2. The number of nitro benzene ring substituents is 1. The molecule has 0 aromatic heterocycles. The van der Waals surface area contributed by atoms with Gasteiger partial charge < -0.3 is 19.8 Å². The average Bonchev–Trinajstić information content (AvgIpc) is 3.17. The summed E-state index contributed by atoms with van der Waals surface area (Å²) in [6.07, 6.45) is -0.373. The van der Waals surface area contributed by atoms with Gasteiger partial charge in [-0.05, 0) is 55.9 Å². The van der Waals surface area contributed by atoms with E-state index in [4.69, 9.17) is 4.74 Å². The van der Waals surface area contributed by atoms with Gasteiger partial charge in [-0.3, -0.25) is 19.7 Å². The zero-order valence-electron chi connectivity index (χ0n) is 24.5. The third-order valence-corrected chi connectivity index (χ3v) is 10.8. The smallest absolute Gasteiger partial charge is 0.339 e. The molecule has 9 atom stereocenters. The molecule has 0 radical (unpaired) electrons. The highest BCUT2D eigenvalue weighted by Gasteiger charge is 2.78. The van der Waals surface area contributed by atoms with Crippen molar-refractivity contribution in [3.05, 3.63) is 63.7 Å². The number of nitrogens with zero attached hydrogens (tertiary/aromatic N) is 2. The molecule has 2 N–H and O–H groups in total. The van der Waals surface area contributed by atoms with Gasteiger partial charge in [0, 0.05) is 48.4 Å². The molecule has 3 fully saturated rings. The normalized spacial score (nSPS) is 39.7. The Morgan fingerprint density at radius 2 is 1.93 bits per heavy atom. The van der Waals surface area contributed by atoms with Crippen molar-refractivity contribution in [1.82, 2.24) is 4.90 Å². The Hall–Kier alpha value is -3.51. The highest BCUT2D eigenvalue weighted by Crippen LogP contribution is 2.71. The third-order valence-electron chi connectivity index (χ3n) is 10.8. The number of benzene rings is 1. The summed E-state index contributed by atoms with van der Waals surface area (Å²) < 4.78 is 39.6. The number of rotatable bonds is 6. The number of halogens is 2. The molecule has 43 heavy (non-hydrogen) atoms. The van der Waals surface area contributed by atoms with Crippen LogP contribution in [0.2, 0.25) is 0 Å². The predicted octanol–water partition coefficient (Wildman–Crippen LogP) is 3.51. The molecule has 0 saturated heterocycles. The molecule has 0 bridgehead atoms. The fourth-order valence-electron chi connectivity index (χ4n) is 8.73. The summed E-state index contributed by atoms with van der Waals surface area (Å²) in [6.45, 7) is 4.27. The predicted molar refractivity (Wildman–Crippen MR) is 149 cm³/mol. The summed E-state index contributed by atoms with van der Waals surface area (Å²) in [5.41, 5.74) is -8.00. The first-order valence-electron chi connectivity index (χ1n) is 14.4. The molecule has 0 aliphatic heterocycles. The third kappa shape index (κ3) is 4.12. The van der Waals surface area contributed by atoms with Crippen molar-refractivity contribution in [3.8, 4) is 0 Å². The highest BCUT2D eigenvalue weighted by atomic mass is 19.1. The van der Waals surface area contributed by atoms with Crippen LogP contribution in [0.4, 0.5) is 14.5 Å². The molecule has 3 saturated carbocycles. The summed E-state index contributed by atoms with van der Waals surface area (Å²) in [5, 5.41) is 32.7. The lowest BCUT2D eigenvalue weighted by Gasteiger charge is -2.63. The largest absolute Gasteiger partial charge is 0.444 e. The Morgan fingerprint density at radius 3 is 2.58 bits per heavy atom. The number of carbonyl (C=O) groups is 3. The van der Waals surface area contributed by atoms with Crippen molar-refractivity contribution in [2.75, 3.05) is 20.2 Å². The topological polar surface area (TPSA) is 147 Å². The number of non-ortho nitro benzene ring substituents is 1. The Morgan fingerprint density at radius 1 is 1.23 bits per heavy atom. The maximum Gasteiger partial charge on any atom is 0.339 e. The Balaban J connectivity index is 1.64. The monoisotopic (exact) mass is 602 g/mol. The van der Waals surface area contributed by atoms with Gasteiger partial charge in [0.05, 0.1) is 23.2 Å². The van der Waals surface area contributed by atoms with Crippen LogP contribution in [-0.2, 0) is 14.3 Å².